The van der Waals surface area contributed by atoms with E-state index in [9.17, 15) is 4.79 Å². The van der Waals surface area contributed by atoms with Crippen LogP contribution in [0.5, 0.6) is 17.2 Å². The summed E-state index contributed by atoms with van der Waals surface area (Å²) >= 11 is 0. The number of hydrogen-bond donors (Lipinski definition) is 0. The monoisotopic (exact) mass is 488 g/mol. The van der Waals surface area contributed by atoms with E-state index in [1.807, 2.05) is 13.0 Å². The van der Waals surface area contributed by atoms with Crippen molar-refractivity contribution in [3.63, 3.8) is 0 Å². The molecule has 4 heterocycles. The van der Waals surface area contributed by atoms with Gasteiger partial charge in [-0.15, -0.1) is 5.10 Å². The van der Waals surface area contributed by atoms with Gasteiger partial charge in [0.25, 0.3) is 5.56 Å². The Bertz CT molecular complexity index is 1410. The molecule has 3 aromatic rings. The second kappa shape index (κ2) is 9.08. The fourth-order valence-corrected chi connectivity index (χ4v) is 4.38. The lowest BCUT2D eigenvalue weighted by atomic mass is 9.41. The Kier molecular flexibility index (Phi) is 6.29. The number of piperidine rings is 1. The second-order valence-electron chi connectivity index (χ2n) is 9.49. The number of rotatable bonds is 5. The van der Waals surface area contributed by atoms with Crippen molar-refractivity contribution in [1.29, 1.82) is 0 Å². The van der Waals surface area contributed by atoms with Crippen molar-refractivity contribution in [3.8, 4) is 17.2 Å². The zero-order chi connectivity index (χ0) is 26.6. The van der Waals surface area contributed by atoms with E-state index in [4.69, 9.17) is 58.2 Å². The van der Waals surface area contributed by atoms with Crippen LogP contribution in [0.4, 0.5) is 5.82 Å². The molecule has 1 aromatic carbocycles. The van der Waals surface area contributed by atoms with Gasteiger partial charge in [0.2, 0.25) is 0 Å². The maximum atomic E-state index is 12.6. The number of nitrogens with zero attached hydrogens (tertiary/aromatic N) is 4. The van der Waals surface area contributed by atoms with Gasteiger partial charge in [-0.2, -0.15) is 4.52 Å². The minimum Gasteiger partial charge on any atom is -0.501 e. The molecule has 2 aromatic heterocycles. The Hall–Kier alpha value is -3.01. The molecule has 0 aliphatic carbocycles. The molecular weight excluding hydrogens is 466 g/mol. The number of aryl methyl sites for hydroxylation is 1. The van der Waals surface area contributed by atoms with Crippen LogP contribution in [0.15, 0.2) is 35.1 Å². The Morgan fingerprint density at radius 1 is 1.00 bits per heavy atom. The van der Waals surface area contributed by atoms with Crippen molar-refractivity contribution in [2.24, 2.45) is 0 Å². The number of fused-ring (bicyclic) bond motifs is 2. The topological polar surface area (TPSA) is 87.4 Å². The molecule has 0 N–H and O–H groups in total. The highest BCUT2D eigenvalue weighted by molar-refractivity contribution is 6.53. The predicted molar refractivity (Wildman–Crippen MR) is 141 cm³/mol. The van der Waals surface area contributed by atoms with Crippen LogP contribution in [-0.4, -0.2) is 90.3 Å². The average molecular weight is 488 g/mol. The van der Waals surface area contributed by atoms with E-state index in [1.165, 1.54) is 10.6 Å². The van der Waals surface area contributed by atoms with Gasteiger partial charge >= 0.3 is 0 Å². The van der Waals surface area contributed by atoms with E-state index < -0.39 is 16.3 Å². The largest absolute Gasteiger partial charge is 0.501 e. The van der Waals surface area contributed by atoms with Gasteiger partial charge in [-0.3, -0.25) is 4.79 Å². The average Bonchev–Trinajstić information content (AvgIpc) is 2.80. The zero-order valence-electron chi connectivity index (χ0n) is 20.6. The molecule has 0 bridgehead atoms. The maximum Gasteiger partial charge on any atom is 0.274 e. The van der Waals surface area contributed by atoms with Gasteiger partial charge in [-0.1, -0.05) is 0 Å². The summed E-state index contributed by atoms with van der Waals surface area (Å²) in [4.78, 5) is 19.1. The van der Waals surface area contributed by atoms with Crippen molar-refractivity contribution in [2.75, 3.05) is 25.1 Å². The van der Waals surface area contributed by atoms with Gasteiger partial charge in [-0.25, -0.2) is 4.98 Å². The van der Waals surface area contributed by atoms with Crippen molar-refractivity contribution in [1.82, 2.24) is 14.6 Å². The number of hydrogen-bond acceptors (Lipinski definition) is 8. The summed E-state index contributed by atoms with van der Waals surface area (Å²) in [5, 5.41) is 0.718. The highest BCUT2D eigenvalue weighted by Gasteiger charge is 2.43. The summed E-state index contributed by atoms with van der Waals surface area (Å²) in [6, 6.07) is 8.10. The highest BCUT2D eigenvalue weighted by atomic mass is 16.6. The molecule has 37 heavy (non-hydrogen) atoms. The predicted octanol–water partition coefficient (Wildman–Crippen LogP) is -0.159. The van der Waals surface area contributed by atoms with E-state index >= 15 is 0 Å². The molecule has 5 rings (SSSR count). The van der Waals surface area contributed by atoms with Crippen LogP contribution >= 0.6 is 0 Å². The van der Waals surface area contributed by atoms with E-state index in [2.05, 4.69) is 15.0 Å². The number of anilines is 1. The Morgan fingerprint density at radius 2 is 1.68 bits per heavy atom. The van der Waals surface area contributed by atoms with Crippen molar-refractivity contribution >= 4 is 50.7 Å². The van der Waals surface area contributed by atoms with E-state index in [0.29, 0.717) is 48.8 Å². The second-order valence-corrected chi connectivity index (χ2v) is 9.49. The van der Waals surface area contributed by atoms with Crippen LogP contribution in [-0.2, 0) is 11.3 Å². The fraction of sp³-hybridized carbons (Fsp3) is 0.435. The molecule has 2 aliphatic heterocycles. The molecule has 0 unspecified atom stereocenters. The maximum absolute atomic E-state index is 12.6. The third-order valence-corrected chi connectivity index (χ3v) is 6.47. The zero-order valence-corrected chi connectivity index (χ0v) is 20.6. The van der Waals surface area contributed by atoms with Gasteiger partial charge in [0.1, 0.15) is 45.0 Å². The highest BCUT2D eigenvalue weighted by Crippen LogP contribution is 2.42. The molecule has 0 atom stereocenters. The smallest absolute Gasteiger partial charge is 0.274 e. The number of methoxy groups -OCH3 is 1. The fourth-order valence-electron chi connectivity index (χ4n) is 4.38. The first-order valence-electron chi connectivity index (χ1n) is 11.7. The molecule has 10 radical (unpaired) electrons. The first kappa shape index (κ1) is 25.6. The Morgan fingerprint density at radius 3 is 2.35 bits per heavy atom. The van der Waals surface area contributed by atoms with Gasteiger partial charge in [0.15, 0.2) is 23.0 Å². The minimum atomic E-state index is -1.95. The molecule has 14 heteroatoms. The van der Waals surface area contributed by atoms with Gasteiger partial charge < -0.3 is 23.8 Å². The van der Waals surface area contributed by atoms with E-state index in [0.717, 1.165) is 5.56 Å². The number of benzene rings is 1. The number of aromatic nitrogens is 3. The summed E-state index contributed by atoms with van der Waals surface area (Å²) in [5.41, 5.74) is 0.686. The molecular formula is C23H21B5N4O5. The summed E-state index contributed by atoms with van der Waals surface area (Å²) < 4.78 is 23.6. The van der Waals surface area contributed by atoms with Crippen molar-refractivity contribution < 1.29 is 18.9 Å². The van der Waals surface area contributed by atoms with Gasteiger partial charge in [0.05, 0.1) is 17.8 Å². The van der Waals surface area contributed by atoms with Crippen LogP contribution in [0.3, 0.4) is 0 Å². The standard InChI is InChI=1S/C23H21B5N4O5/c1-13-9-18-29-14(12-34-2)10-19(33)32(18)30-20(13)31-7-5-21(24,6-8-31)35-15-3-4-16-17(11-15)37-23(27,28)22(25,26)36-16/h3-4,9-11H,5-8,12H2,1-2H3. The van der Waals surface area contributed by atoms with Gasteiger partial charge in [0, 0.05) is 43.1 Å². The summed E-state index contributed by atoms with van der Waals surface area (Å²) in [7, 11) is 31.4. The first-order valence-corrected chi connectivity index (χ1v) is 11.7. The Labute approximate surface area is 221 Å². The van der Waals surface area contributed by atoms with Crippen LogP contribution in [0, 0.1) is 6.92 Å². The van der Waals surface area contributed by atoms with Crippen molar-refractivity contribution in [3.05, 3.63) is 51.9 Å². The third kappa shape index (κ3) is 4.83. The molecule has 1 fully saturated rings. The summed E-state index contributed by atoms with van der Waals surface area (Å²) in [6.45, 7) is 3.30. The van der Waals surface area contributed by atoms with E-state index in [1.54, 1.807) is 25.3 Å². The lowest BCUT2D eigenvalue weighted by Crippen LogP contribution is -2.65. The molecule has 0 amide bonds. The van der Waals surface area contributed by atoms with Crippen LogP contribution in [0.1, 0.15) is 24.1 Å². The SMILES string of the molecule is [B]C1(Oc2ccc3c(c2)OC([B])([B])C([B])([B])O3)CCN(c2nn3c(=O)cc(COC)nc3cc2C)CC1. The van der Waals surface area contributed by atoms with Crippen LogP contribution < -0.4 is 24.7 Å². The van der Waals surface area contributed by atoms with Crippen LogP contribution in [0.2, 0.25) is 0 Å². The lowest BCUT2D eigenvalue weighted by Gasteiger charge is -2.48. The van der Waals surface area contributed by atoms with Crippen molar-refractivity contribution in [2.45, 2.75) is 42.7 Å². The molecule has 9 nitrogen and oxygen atoms in total. The molecule has 178 valence electrons. The van der Waals surface area contributed by atoms with E-state index in [-0.39, 0.29) is 23.7 Å². The quantitative estimate of drug-likeness (QED) is 0.459. The molecule has 0 spiro atoms. The van der Waals surface area contributed by atoms with Crippen LogP contribution in [0.25, 0.3) is 5.65 Å². The molecule has 0 saturated carbocycles. The first-order chi connectivity index (χ1) is 17.4. The molecule has 1 saturated heterocycles. The normalized spacial score (nSPS) is 19.5. The minimum absolute atomic E-state index is 0.235. The molecule has 2 aliphatic rings. The van der Waals surface area contributed by atoms with Gasteiger partial charge in [-0.05, 0) is 43.5 Å². The summed E-state index contributed by atoms with van der Waals surface area (Å²) in [6.07, 6.45) is 0.986. The summed E-state index contributed by atoms with van der Waals surface area (Å²) in [5.74, 6) is 1.65. The number of ether oxygens (including phenoxy) is 4. The third-order valence-electron chi connectivity index (χ3n) is 6.47. The lowest BCUT2D eigenvalue weighted by molar-refractivity contribution is 0.0603. The Balaban J connectivity index is 1.31.